The lowest BCUT2D eigenvalue weighted by molar-refractivity contribution is 0.641. The van der Waals surface area contributed by atoms with E-state index < -0.39 is 0 Å². The highest BCUT2D eigenvalue weighted by atomic mass is 14.0. The van der Waals surface area contributed by atoms with Crippen molar-refractivity contribution in [3.05, 3.63) is 48.6 Å². The maximum Gasteiger partial charge on any atom is -0.00537 e. The fraction of sp³-hybridized carbons (Fsp3) is 0.579. The Labute approximate surface area is 122 Å². The van der Waals surface area contributed by atoms with Gasteiger partial charge in [0.1, 0.15) is 0 Å². The molecule has 0 rings (SSSR count). The molecule has 0 atom stereocenters. The molecule has 0 N–H and O–H groups in total. The molecule has 0 aromatic rings. The first-order chi connectivity index (χ1) is 9.26. The molecule has 0 aliphatic heterocycles. The van der Waals surface area contributed by atoms with Crippen LogP contribution in [0.25, 0.3) is 0 Å². The third-order valence-electron chi connectivity index (χ3n) is 2.74. The standard InChI is InChI=1S/C11H20.C8H14/c1-4-7-10-11(8-5-2)9-6-3;1-3-5-7-8-6-4-2/h5-6,8-9,11H,4,7,10H2,1-3H3;3-6H,7-8H2,1-2H3. The second kappa shape index (κ2) is 19.3. The first-order valence-corrected chi connectivity index (χ1v) is 7.74. The van der Waals surface area contributed by atoms with Crippen LogP contribution in [0.15, 0.2) is 48.6 Å². The molecular weight excluding hydrogens is 228 g/mol. The van der Waals surface area contributed by atoms with Gasteiger partial charge in [-0.05, 0) is 52.9 Å². The van der Waals surface area contributed by atoms with E-state index in [1.807, 2.05) is 0 Å². The van der Waals surface area contributed by atoms with Crippen molar-refractivity contribution in [2.24, 2.45) is 5.92 Å². The lowest BCUT2D eigenvalue weighted by Crippen LogP contribution is -1.90. The summed E-state index contributed by atoms with van der Waals surface area (Å²) < 4.78 is 0. The minimum Gasteiger partial charge on any atom is -0.0917 e. The van der Waals surface area contributed by atoms with Gasteiger partial charge in [0.25, 0.3) is 0 Å². The summed E-state index contributed by atoms with van der Waals surface area (Å²) in [4.78, 5) is 0. The summed E-state index contributed by atoms with van der Waals surface area (Å²) >= 11 is 0. The van der Waals surface area contributed by atoms with Crippen molar-refractivity contribution in [3.63, 3.8) is 0 Å². The molecular formula is C19H34. The highest BCUT2D eigenvalue weighted by Crippen LogP contribution is 2.11. The highest BCUT2D eigenvalue weighted by Gasteiger charge is 1.96. The zero-order valence-corrected chi connectivity index (χ0v) is 13.7. The second-order valence-corrected chi connectivity index (χ2v) is 4.57. The number of rotatable bonds is 8. The first kappa shape index (κ1) is 20.3. The Kier molecular flexibility index (Phi) is 20.6. The Morgan fingerprint density at radius 2 is 1.21 bits per heavy atom. The summed E-state index contributed by atoms with van der Waals surface area (Å²) in [5, 5.41) is 0. The van der Waals surface area contributed by atoms with Crippen LogP contribution in [0.3, 0.4) is 0 Å². The summed E-state index contributed by atoms with van der Waals surface area (Å²) in [5.74, 6) is 0.671. The third kappa shape index (κ3) is 19.5. The van der Waals surface area contributed by atoms with E-state index in [4.69, 9.17) is 0 Å². The van der Waals surface area contributed by atoms with E-state index in [1.54, 1.807) is 0 Å². The summed E-state index contributed by atoms with van der Waals surface area (Å²) in [6, 6.07) is 0. The van der Waals surface area contributed by atoms with Crippen molar-refractivity contribution in [1.82, 2.24) is 0 Å². The van der Waals surface area contributed by atoms with Crippen LogP contribution in [-0.2, 0) is 0 Å². The van der Waals surface area contributed by atoms with Crippen LogP contribution in [0.1, 0.15) is 66.7 Å². The summed E-state index contributed by atoms with van der Waals surface area (Å²) in [6.07, 6.45) is 23.6. The van der Waals surface area contributed by atoms with Gasteiger partial charge in [-0.25, -0.2) is 0 Å². The normalized spacial score (nSPS) is 13.5. The fourth-order valence-electron chi connectivity index (χ4n) is 1.72. The number of unbranched alkanes of at least 4 members (excludes halogenated alkanes) is 2. The summed E-state index contributed by atoms with van der Waals surface area (Å²) in [6.45, 7) is 10.5. The van der Waals surface area contributed by atoms with Crippen LogP contribution in [0.2, 0.25) is 0 Å². The summed E-state index contributed by atoms with van der Waals surface area (Å²) in [5.41, 5.74) is 0. The fourth-order valence-corrected chi connectivity index (χ4v) is 1.72. The van der Waals surface area contributed by atoms with Crippen molar-refractivity contribution >= 4 is 0 Å². The molecule has 0 aliphatic rings. The van der Waals surface area contributed by atoms with Gasteiger partial charge in [-0.1, -0.05) is 68.4 Å². The van der Waals surface area contributed by atoms with Crippen LogP contribution in [0, 0.1) is 5.92 Å². The molecule has 0 spiro atoms. The maximum absolute atomic E-state index is 2.27. The minimum absolute atomic E-state index is 0.671. The molecule has 110 valence electrons. The maximum atomic E-state index is 2.27. The van der Waals surface area contributed by atoms with E-state index in [-0.39, 0.29) is 0 Å². The minimum atomic E-state index is 0.671. The zero-order valence-electron chi connectivity index (χ0n) is 13.7. The molecule has 0 bridgehead atoms. The van der Waals surface area contributed by atoms with E-state index in [0.29, 0.717) is 5.92 Å². The SMILES string of the molecule is CC=CC(C=CC)CCCC.CC=CCCC=CC. The lowest BCUT2D eigenvalue weighted by atomic mass is 10.0. The monoisotopic (exact) mass is 262 g/mol. The van der Waals surface area contributed by atoms with E-state index in [2.05, 4.69) is 83.2 Å². The molecule has 0 saturated carbocycles. The molecule has 0 nitrogen and oxygen atoms in total. The van der Waals surface area contributed by atoms with E-state index in [1.165, 1.54) is 32.1 Å². The van der Waals surface area contributed by atoms with Gasteiger partial charge in [-0.2, -0.15) is 0 Å². The van der Waals surface area contributed by atoms with Gasteiger partial charge in [0.2, 0.25) is 0 Å². The second-order valence-electron chi connectivity index (χ2n) is 4.57. The smallest absolute Gasteiger partial charge is 0.00537 e. The average molecular weight is 262 g/mol. The first-order valence-electron chi connectivity index (χ1n) is 7.74. The van der Waals surface area contributed by atoms with Crippen molar-refractivity contribution in [1.29, 1.82) is 0 Å². The highest BCUT2D eigenvalue weighted by molar-refractivity contribution is 4.98. The lowest BCUT2D eigenvalue weighted by Gasteiger charge is -2.04. The van der Waals surface area contributed by atoms with Gasteiger partial charge in [0.15, 0.2) is 0 Å². The molecule has 0 aromatic heterocycles. The third-order valence-corrected chi connectivity index (χ3v) is 2.74. The van der Waals surface area contributed by atoms with Crippen LogP contribution < -0.4 is 0 Å². The predicted molar refractivity (Wildman–Crippen MR) is 91.5 cm³/mol. The Balaban J connectivity index is 0. The number of allylic oxidation sites excluding steroid dienone is 8. The molecule has 0 heteroatoms. The number of hydrogen-bond acceptors (Lipinski definition) is 0. The van der Waals surface area contributed by atoms with E-state index in [9.17, 15) is 0 Å². The van der Waals surface area contributed by atoms with Crippen molar-refractivity contribution in [2.45, 2.75) is 66.7 Å². The van der Waals surface area contributed by atoms with Crippen LogP contribution in [0.5, 0.6) is 0 Å². The van der Waals surface area contributed by atoms with E-state index in [0.717, 1.165) is 0 Å². The topological polar surface area (TPSA) is 0 Å². The van der Waals surface area contributed by atoms with Crippen molar-refractivity contribution in [2.75, 3.05) is 0 Å². The Morgan fingerprint density at radius 1 is 0.737 bits per heavy atom. The Bertz CT molecular complexity index is 229. The van der Waals surface area contributed by atoms with Crippen LogP contribution in [0.4, 0.5) is 0 Å². The van der Waals surface area contributed by atoms with Crippen molar-refractivity contribution < 1.29 is 0 Å². The van der Waals surface area contributed by atoms with Crippen LogP contribution in [-0.4, -0.2) is 0 Å². The molecule has 19 heavy (non-hydrogen) atoms. The van der Waals surface area contributed by atoms with Gasteiger partial charge in [-0.15, -0.1) is 0 Å². The molecule has 0 aromatic carbocycles. The van der Waals surface area contributed by atoms with E-state index >= 15 is 0 Å². The summed E-state index contributed by atoms with van der Waals surface area (Å²) in [7, 11) is 0. The Hall–Kier alpha value is -1.04. The molecule has 0 unspecified atom stereocenters. The molecule has 0 radical (unpaired) electrons. The molecule has 0 heterocycles. The average Bonchev–Trinajstić information content (AvgIpc) is 2.42. The van der Waals surface area contributed by atoms with Gasteiger partial charge >= 0.3 is 0 Å². The predicted octanol–water partition coefficient (Wildman–Crippen LogP) is 6.86. The van der Waals surface area contributed by atoms with Gasteiger partial charge in [0, 0.05) is 0 Å². The quantitative estimate of drug-likeness (QED) is 0.331. The van der Waals surface area contributed by atoms with Gasteiger partial charge in [-0.3, -0.25) is 0 Å². The largest absolute Gasteiger partial charge is 0.0917 e. The van der Waals surface area contributed by atoms with Gasteiger partial charge < -0.3 is 0 Å². The van der Waals surface area contributed by atoms with Crippen molar-refractivity contribution in [3.8, 4) is 0 Å². The molecule has 0 aliphatic carbocycles. The van der Waals surface area contributed by atoms with Gasteiger partial charge in [0.05, 0.1) is 0 Å². The Morgan fingerprint density at radius 3 is 1.53 bits per heavy atom. The zero-order chi connectivity index (χ0) is 14.8. The molecule has 0 fully saturated rings. The van der Waals surface area contributed by atoms with Crippen LogP contribution >= 0.6 is 0 Å². The number of hydrogen-bond donors (Lipinski definition) is 0. The molecule has 0 saturated heterocycles. The molecule has 0 amide bonds.